The first kappa shape index (κ1) is 22.5. The molecule has 0 aliphatic rings. The van der Waals surface area contributed by atoms with Crippen molar-refractivity contribution in [3.8, 4) is 0 Å². The van der Waals surface area contributed by atoms with Crippen LogP contribution in [0.5, 0.6) is 0 Å². The second-order valence-corrected chi connectivity index (χ2v) is 6.69. The number of hydrogen-bond donors (Lipinski definition) is 3. The Labute approximate surface area is 175 Å². The fourth-order valence-electron chi connectivity index (χ4n) is 2.24. The third-order valence-electron chi connectivity index (χ3n) is 3.69. The van der Waals surface area contributed by atoms with Gasteiger partial charge in [0.2, 0.25) is 0 Å². The van der Waals surface area contributed by atoms with Crippen molar-refractivity contribution in [2.45, 2.75) is 33.7 Å². The van der Waals surface area contributed by atoms with E-state index in [0.29, 0.717) is 18.8 Å². The molecule has 0 bridgehead atoms. The van der Waals surface area contributed by atoms with Crippen LogP contribution in [0, 0.1) is 13.8 Å². The van der Waals surface area contributed by atoms with Gasteiger partial charge in [0.1, 0.15) is 0 Å². The SMILES string of the molecule is CCNC(=NCc1sccc1C)NCCCNC(=O)c1occc1C.I. The average Bonchev–Trinajstić information content (AvgIpc) is 3.20. The molecular weight excluding hydrogens is 463 g/mol. The van der Waals surface area contributed by atoms with Gasteiger partial charge >= 0.3 is 0 Å². The molecular formula is C18H27IN4O2S. The van der Waals surface area contributed by atoms with Gasteiger partial charge in [-0.1, -0.05) is 0 Å². The number of amides is 1. The Bertz CT molecular complexity index is 712. The van der Waals surface area contributed by atoms with Gasteiger partial charge in [-0.2, -0.15) is 0 Å². The molecule has 2 heterocycles. The van der Waals surface area contributed by atoms with Crippen molar-refractivity contribution < 1.29 is 9.21 Å². The summed E-state index contributed by atoms with van der Waals surface area (Å²) >= 11 is 1.73. The smallest absolute Gasteiger partial charge is 0.287 e. The minimum absolute atomic E-state index is 0. The van der Waals surface area contributed by atoms with Gasteiger partial charge in [-0.3, -0.25) is 4.79 Å². The van der Waals surface area contributed by atoms with Gasteiger partial charge in [-0.15, -0.1) is 35.3 Å². The third-order valence-corrected chi connectivity index (χ3v) is 4.70. The highest BCUT2D eigenvalue weighted by atomic mass is 127. The highest BCUT2D eigenvalue weighted by Crippen LogP contribution is 2.16. The van der Waals surface area contributed by atoms with E-state index in [4.69, 9.17) is 4.42 Å². The predicted molar refractivity (Wildman–Crippen MR) is 118 cm³/mol. The van der Waals surface area contributed by atoms with Crippen molar-refractivity contribution in [2.75, 3.05) is 19.6 Å². The molecule has 0 unspecified atom stereocenters. The van der Waals surface area contributed by atoms with Crippen molar-refractivity contribution in [1.82, 2.24) is 16.0 Å². The van der Waals surface area contributed by atoms with Crippen molar-refractivity contribution in [2.24, 2.45) is 4.99 Å². The number of hydrogen-bond acceptors (Lipinski definition) is 4. The summed E-state index contributed by atoms with van der Waals surface area (Å²) in [6, 6.07) is 3.89. The Balaban J connectivity index is 0.00000338. The standard InChI is InChI=1S/C18H26N4O2S.HI/c1-4-19-18(22-12-15-13(2)7-11-25-15)21-9-5-8-20-17(23)16-14(3)6-10-24-16;/h6-7,10-11H,4-5,8-9,12H2,1-3H3,(H,20,23)(H2,19,21,22);1H. The summed E-state index contributed by atoms with van der Waals surface area (Å²) < 4.78 is 5.17. The molecule has 6 nitrogen and oxygen atoms in total. The molecule has 1 amide bonds. The van der Waals surface area contributed by atoms with Crippen molar-refractivity contribution in [3.05, 3.63) is 45.5 Å². The van der Waals surface area contributed by atoms with E-state index < -0.39 is 0 Å². The molecule has 0 saturated heterocycles. The molecule has 2 aromatic rings. The summed E-state index contributed by atoms with van der Waals surface area (Å²) in [6.07, 6.45) is 2.33. The lowest BCUT2D eigenvalue weighted by Crippen LogP contribution is -2.38. The molecule has 144 valence electrons. The highest BCUT2D eigenvalue weighted by Gasteiger charge is 2.11. The van der Waals surface area contributed by atoms with Crippen LogP contribution in [0.4, 0.5) is 0 Å². The molecule has 0 radical (unpaired) electrons. The van der Waals surface area contributed by atoms with E-state index in [-0.39, 0.29) is 29.9 Å². The molecule has 0 spiro atoms. The molecule has 3 N–H and O–H groups in total. The minimum atomic E-state index is -0.170. The van der Waals surface area contributed by atoms with Crippen LogP contribution < -0.4 is 16.0 Å². The number of rotatable bonds is 8. The molecule has 0 aliphatic heterocycles. The molecule has 0 fully saturated rings. The molecule has 0 saturated carbocycles. The van der Waals surface area contributed by atoms with Gasteiger partial charge < -0.3 is 20.4 Å². The monoisotopic (exact) mass is 490 g/mol. The van der Waals surface area contributed by atoms with E-state index in [9.17, 15) is 4.79 Å². The van der Waals surface area contributed by atoms with Crippen molar-refractivity contribution in [3.63, 3.8) is 0 Å². The van der Waals surface area contributed by atoms with Crippen LogP contribution >= 0.6 is 35.3 Å². The van der Waals surface area contributed by atoms with Crippen LogP contribution in [0.15, 0.2) is 33.2 Å². The van der Waals surface area contributed by atoms with E-state index in [1.165, 1.54) is 16.7 Å². The fraction of sp³-hybridized carbons (Fsp3) is 0.444. The number of halogens is 1. The Morgan fingerprint density at radius 2 is 1.92 bits per heavy atom. The average molecular weight is 490 g/mol. The third kappa shape index (κ3) is 6.99. The molecule has 2 rings (SSSR count). The Morgan fingerprint density at radius 3 is 2.54 bits per heavy atom. The molecule has 26 heavy (non-hydrogen) atoms. The van der Waals surface area contributed by atoms with E-state index in [0.717, 1.165) is 31.0 Å². The van der Waals surface area contributed by atoms with Crippen molar-refractivity contribution in [1.29, 1.82) is 0 Å². The summed E-state index contributed by atoms with van der Waals surface area (Å²) in [5, 5.41) is 11.5. The summed E-state index contributed by atoms with van der Waals surface area (Å²) in [5.41, 5.74) is 2.13. The molecule has 0 aromatic carbocycles. The van der Waals surface area contributed by atoms with Gasteiger partial charge in [-0.05, 0) is 50.3 Å². The topological polar surface area (TPSA) is 78.7 Å². The maximum Gasteiger partial charge on any atom is 0.287 e. The lowest BCUT2D eigenvalue weighted by atomic mass is 10.2. The quantitative estimate of drug-likeness (QED) is 0.229. The van der Waals surface area contributed by atoms with E-state index >= 15 is 0 Å². The van der Waals surface area contributed by atoms with Gasteiger partial charge in [0.15, 0.2) is 11.7 Å². The van der Waals surface area contributed by atoms with Crippen LogP contribution in [-0.4, -0.2) is 31.5 Å². The first-order chi connectivity index (χ1) is 12.1. The van der Waals surface area contributed by atoms with Crippen LogP contribution in [-0.2, 0) is 6.54 Å². The summed E-state index contributed by atoms with van der Waals surface area (Å²) in [6.45, 7) is 8.79. The zero-order valence-electron chi connectivity index (χ0n) is 15.4. The lowest BCUT2D eigenvalue weighted by molar-refractivity contribution is 0.0925. The summed E-state index contributed by atoms with van der Waals surface area (Å²) in [4.78, 5) is 17.8. The van der Waals surface area contributed by atoms with Crippen LogP contribution in [0.2, 0.25) is 0 Å². The normalized spacial score (nSPS) is 11.0. The summed E-state index contributed by atoms with van der Waals surface area (Å²) in [5.74, 6) is 1.01. The largest absolute Gasteiger partial charge is 0.459 e. The second-order valence-electron chi connectivity index (χ2n) is 5.69. The Morgan fingerprint density at radius 1 is 1.15 bits per heavy atom. The fourth-order valence-corrected chi connectivity index (χ4v) is 3.07. The molecule has 0 aliphatic carbocycles. The molecule has 2 aromatic heterocycles. The summed E-state index contributed by atoms with van der Waals surface area (Å²) in [7, 11) is 0. The predicted octanol–water partition coefficient (Wildman–Crippen LogP) is 3.45. The number of nitrogens with zero attached hydrogens (tertiary/aromatic N) is 1. The first-order valence-corrected chi connectivity index (χ1v) is 9.37. The zero-order chi connectivity index (χ0) is 18.1. The van der Waals surface area contributed by atoms with Crippen molar-refractivity contribution >= 4 is 47.2 Å². The van der Waals surface area contributed by atoms with Gasteiger partial charge in [0.25, 0.3) is 5.91 Å². The van der Waals surface area contributed by atoms with Gasteiger partial charge in [-0.25, -0.2) is 4.99 Å². The molecule has 0 atom stereocenters. The number of furan rings is 1. The number of guanidine groups is 1. The number of carbonyl (C=O) groups excluding carboxylic acids is 1. The van der Waals surface area contributed by atoms with Gasteiger partial charge in [0.05, 0.1) is 12.8 Å². The number of carbonyl (C=O) groups is 1. The Hall–Kier alpha value is -1.55. The van der Waals surface area contributed by atoms with Crippen LogP contribution in [0.3, 0.4) is 0 Å². The van der Waals surface area contributed by atoms with Gasteiger partial charge in [0, 0.05) is 30.1 Å². The van der Waals surface area contributed by atoms with E-state index in [2.05, 4.69) is 39.3 Å². The van der Waals surface area contributed by atoms with Crippen LogP contribution in [0.1, 0.15) is 39.9 Å². The van der Waals surface area contributed by atoms with E-state index in [1.54, 1.807) is 17.4 Å². The second kappa shape index (κ2) is 11.9. The maximum atomic E-state index is 11.9. The number of aryl methyl sites for hydroxylation is 2. The zero-order valence-corrected chi connectivity index (χ0v) is 18.6. The van der Waals surface area contributed by atoms with E-state index in [1.807, 2.05) is 13.8 Å². The number of nitrogens with one attached hydrogen (secondary N) is 3. The van der Waals surface area contributed by atoms with Crippen LogP contribution in [0.25, 0.3) is 0 Å². The maximum absolute atomic E-state index is 11.9. The Kier molecular flexibility index (Phi) is 10.3. The number of thiophene rings is 1. The lowest BCUT2D eigenvalue weighted by Gasteiger charge is -2.11. The molecule has 8 heteroatoms. The first-order valence-electron chi connectivity index (χ1n) is 8.49. The highest BCUT2D eigenvalue weighted by molar-refractivity contribution is 14.0. The number of aliphatic imine (C=N–C) groups is 1. The minimum Gasteiger partial charge on any atom is -0.459 e.